The SMILES string of the molecule is CCCCc1cccc(C)c1-c1ccccc1C. The van der Waals surface area contributed by atoms with Crippen LogP contribution in [-0.2, 0) is 6.42 Å². The van der Waals surface area contributed by atoms with Crippen molar-refractivity contribution in [3.63, 3.8) is 0 Å². The van der Waals surface area contributed by atoms with E-state index in [1.165, 1.54) is 47.1 Å². The van der Waals surface area contributed by atoms with Gasteiger partial charge < -0.3 is 0 Å². The molecule has 0 aromatic heterocycles. The molecule has 0 aliphatic carbocycles. The predicted octanol–water partition coefficient (Wildman–Crippen LogP) is 5.31. The van der Waals surface area contributed by atoms with Crippen LogP contribution in [0.4, 0.5) is 0 Å². The van der Waals surface area contributed by atoms with Gasteiger partial charge in [-0.15, -0.1) is 0 Å². The molecule has 0 spiro atoms. The van der Waals surface area contributed by atoms with Gasteiger partial charge in [0, 0.05) is 0 Å². The van der Waals surface area contributed by atoms with Crippen LogP contribution in [0, 0.1) is 13.8 Å². The van der Waals surface area contributed by atoms with Crippen molar-refractivity contribution in [3.05, 3.63) is 59.2 Å². The van der Waals surface area contributed by atoms with E-state index in [9.17, 15) is 0 Å². The summed E-state index contributed by atoms with van der Waals surface area (Å²) >= 11 is 0. The van der Waals surface area contributed by atoms with Gasteiger partial charge in [-0.05, 0) is 54.5 Å². The number of hydrogen-bond acceptors (Lipinski definition) is 0. The first-order valence-corrected chi connectivity index (χ1v) is 6.88. The standard InChI is InChI=1S/C18H22/c1-4-5-11-16-12-8-10-15(3)18(16)17-13-7-6-9-14(17)2/h6-10,12-13H,4-5,11H2,1-3H3. The lowest BCUT2D eigenvalue weighted by molar-refractivity contribution is 0.795. The van der Waals surface area contributed by atoms with Crippen LogP contribution in [-0.4, -0.2) is 0 Å². The van der Waals surface area contributed by atoms with Crippen LogP contribution in [0.2, 0.25) is 0 Å². The van der Waals surface area contributed by atoms with Crippen molar-refractivity contribution in [1.29, 1.82) is 0 Å². The highest BCUT2D eigenvalue weighted by Crippen LogP contribution is 2.30. The molecule has 2 aromatic rings. The third-order valence-corrected chi connectivity index (χ3v) is 3.57. The Hall–Kier alpha value is -1.56. The predicted molar refractivity (Wildman–Crippen MR) is 80.0 cm³/mol. The second kappa shape index (κ2) is 5.86. The third-order valence-electron chi connectivity index (χ3n) is 3.57. The Morgan fingerprint density at radius 1 is 0.833 bits per heavy atom. The zero-order chi connectivity index (χ0) is 13.0. The van der Waals surface area contributed by atoms with Gasteiger partial charge in [-0.3, -0.25) is 0 Å². The van der Waals surface area contributed by atoms with Crippen molar-refractivity contribution in [2.45, 2.75) is 40.0 Å². The first kappa shape index (κ1) is 12.9. The van der Waals surface area contributed by atoms with Crippen LogP contribution in [0.5, 0.6) is 0 Å². The summed E-state index contributed by atoms with van der Waals surface area (Å²) in [7, 11) is 0. The van der Waals surface area contributed by atoms with Crippen LogP contribution >= 0.6 is 0 Å². The molecule has 0 radical (unpaired) electrons. The summed E-state index contributed by atoms with van der Waals surface area (Å²) < 4.78 is 0. The third kappa shape index (κ3) is 2.64. The van der Waals surface area contributed by atoms with Crippen molar-refractivity contribution < 1.29 is 0 Å². The van der Waals surface area contributed by atoms with Crippen molar-refractivity contribution in [2.24, 2.45) is 0 Å². The van der Waals surface area contributed by atoms with Gasteiger partial charge in [0.15, 0.2) is 0 Å². The van der Waals surface area contributed by atoms with Crippen LogP contribution in [0.15, 0.2) is 42.5 Å². The summed E-state index contributed by atoms with van der Waals surface area (Å²) in [4.78, 5) is 0. The fourth-order valence-corrected chi connectivity index (χ4v) is 2.54. The van der Waals surface area contributed by atoms with E-state index in [4.69, 9.17) is 0 Å². The molecule has 94 valence electrons. The van der Waals surface area contributed by atoms with Gasteiger partial charge in [0.1, 0.15) is 0 Å². The normalized spacial score (nSPS) is 10.6. The molecule has 0 heterocycles. The molecule has 2 aromatic carbocycles. The van der Waals surface area contributed by atoms with E-state index in [0.717, 1.165) is 0 Å². The number of unbranched alkanes of at least 4 members (excludes halogenated alkanes) is 1. The van der Waals surface area contributed by atoms with Crippen LogP contribution in [0.1, 0.15) is 36.5 Å². The van der Waals surface area contributed by atoms with Crippen LogP contribution in [0.3, 0.4) is 0 Å². The molecular weight excluding hydrogens is 216 g/mol. The average Bonchev–Trinajstić information content (AvgIpc) is 2.38. The highest BCUT2D eigenvalue weighted by atomic mass is 14.1. The highest BCUT2D eigenvalue weighted by molar-refractivity contribution is 5.73. The maximum absolute atomic E-state index is 2.28. The second-order valence-electron chi connectivity index (χ2n) is 5.03. The molecule has 2 rings (SSSR count). The van der Waals surface area contributed by atoms with Gasteiger partial charge in [-0.25, -0.2) is 0 Å². The zero-order valence-electron chi connectivity index (χ0n) is 11.7. The average molecular weight is 238 g/mol. The molecule has 0 N–H and O–H groups in total. The topological polar surface area (TPSA) is 0 Å². The van der Waals surface area contributed by atoms with Gasteiger partial charge >= 0.3 is 0 Å². The minimum Gasteiger partial charge on any atom is -0.0654 e. The monoisotopic (exact) mass is 238 g/mol. The molecule has 0 saturated heterocycles. The summed E-state index contributed by atoms with van der Waals surface area (Å²) in [6, 6.07) is 15.4. The van der Waals surface area contributed by atoms with E-state index in [0.29, 0.717) is 0 Å². The Morgan fingerprint density at radius 3 is 2.28 bits per heavy atom. The maximum atomic E-state index is 2.28. The number of hydrogen-bond donors (Lipinski definition) is 0. The molecule has 0 nitrogen and oxygen atoms in total. The lowest BCUT2D eigenvalue weighted by Gasteiger charge is -2.15. The lowest BCUT2D eigenvalue weighted by atomic mass is 9.90. The van der Waals surface area contributed by atoms with E-state index < -0.39 is 0 Å². The van der Waals surface area contributed by atoms with Gasteiger partial charge in [0.2, 0.25) is 0 Å². The summed E-state index contributed by atoms with van der Waals surface area (Å²) in [6.45, 7) is 6.67. The summed E-state index contributed by atoms with van der Waals surface area (Å²) in [5.74, 6) is 0. The van der Waals surface area contributed by atoms with Crippen LogP contribution < -0.4 is 0 Å². The van der Waals surface area contributed by atoms with Crippen molar-refractivity contribution in [1.82, 2.24) is 0 Å². The Kier molecular flexibility index (Phi) is 4.19. The largest absolute Gasteiger partial charge is 0.0654 e. The van der Waals surface area contributed by atoms with Crippen molar-refractivity contribution >= 4 is 0 Å². The molecule has 0 heteroatoms. The van der Waals surface area contributed by atoms with Gasteiger partial charge in [0.25, 0.3) is 0 Å². The van der Waals surface area contributed by atoms with E-state index in [1.54, 1.807) is 0 Å². The van der Waals surface area contributed by atoms with Crippen LogP contribution in [0.25, 0.3) is 11.1 Å². The van der Waals surface area contributed by atoms with E-state index in [1.807, 2.05) is 0 Å². The smallest absolute Gasteiger partial charge is 0.0120 e. The van der Waals surface area contributed by atoms with Crippen molar-refractivity contribution in [3.8, 4) is 11.1 Å². The van der Waals surface area contributed by atoms with Gasteiger partial charge in [-0.2, -0.15) is 0 Å². The van der Waals surface area contributed by atoms with Gasteiger partial charge in [0.05, 0.1) is 0 Å². The van der Waals surface area contributed by atoms with E-state index in [-0.39, 0.29) is 0 Å². The van der Waals surface area contributed by atoms with Gasteiger partial charge in [-0.1, -0.05) is 55.8 Å². The van der Waals surface area contributed by atoms with E-state index in [2.05, 4.69) is 63.2 Å². The molecule has 0 saturated carbocycles. The Balaban J connectivity index is 2.52. The molecule has 0 aliphatic rings. The Labute approximate surface area is 111 Å². The minimum atomic E-state index is 1.18. The Morgan fingerprint density at radius 2 is 1.56 bits per heavy atom. The fourth-order valence-electron chi connectivity index (χ4n) is 2.54. The molecule has 18 heavy (non-hydrogen) atoms. The molecule has 0 aliphatic heterocycles. The van der Waals surface area contributed by atoms with Crippen molar-refractivity contribution in [2.75, 3.05) is 0 Å². The molecule has 0 fully saturated rings. The molecular formula is C18H22. The second-order valence-corrected chi connectivity index (χ2v) is 5.03. The molecule has 0 atom stereocenters. The van der Waals surface area contributed by atoms with E-state index >= 15 is 0 Å². The lowest BCUT2D eigenvalue weighted by Crippen LogP contribution is -1.95. The minimum absolute atomic E-state index is 1.18. The number of rotatable bonds is 4. The quantitative estimate of drug-likeness (QED) is 0.677. The first-order chi connectivity index (χ1) is 8.74. The molecule has 0 amide bonds. The fraction of sp³-hybridized carbons (Fsp3) is 0.333. The molecule has 0 unspecified atom stereocenters. The first-order valence-electron chi connectivity index (χ1n) is 6.88. The summed E-state index contributed by atoms with van der Waals surface area (Å²) in [6.07, 6.45) is 3.70. The molecule has 0 bridgehead atoms. The Bertz CT molecular complexity index is 523. The summed E-state index contributed by atoms with van der Waals surface area (Å²) in [5.41, 5.74) is 7.08. The number of benzene rings is 2. The summed E-state index contributed by atoms with van der Waals surface area (Å²) in [5, 5.41) is 0. The highest BCUT2D eigenvalue weighted by Gasteiger charge is 2.09. The number of aryl methyl sites for hydroxylation is 3. The zero-order valence-corrected chi connectivity index (χ0v) is 11.7. The maximum Gasteiger partial charge on any atom is -0.0120 e.